The second-order valence-corrected chi connectivity index (χ2v) is 5.09. The monoisotopic (exact) mass is 209 g/mol. The van der Waals surface area contributed by atoms with Gasteiger partial charge in [0.2, 0.25) is 0 Å². The van der Waals surface area contributed by atoms with Gasteiger partial charge >= 0.3 is 0 Å². The van der Waals surface area contributed by atoms with Crippen LogP contribution in [0.25, 0.3) is 0 Å². The lowest BCUT2D eigenvalue weighted by molar-refractivity contribution is -0.123. The molecular formula is C12H19NO2. The molecule has 1 heterocycles. The third kappa shape index (κ3) is 2.47. The van der Waals surface area contributed by atoms with Crippen LogP contribution >= 0.6 is 0 Å². The van der Waals surface area contributed by atoms with Crippen LogP contribution in [0.15, 0.2) is 12.2 Å². The average Bonchev–Trinajstić information content (AvgIpc) is 2.23. The van der Waals surface area contributed by atoms with Gasteiger partial charge in [-0.25, -0.2) is 0 Å². The fourth-order valence-corrected chi connectivity index (χ4v) is 2.28. The number of allylic oxidation sites excluding steroid dienone is 1. The first kappa shape index (κ1) is 10.8. The van der Waals surface area contributed by atoms with Gasteiger partial charge in [-0.2, -0.15) is 0 Å². The Bertz CT molecular complexity index is 277. The number of hydrogen-bond acceptors (Lipinski definition) is 3. The lowest BCUT2D eigenvalue weighted by Gasteiger charge is -2.38. The number of morpholine rings is 1. The van der Waals surface area contributed by atoms with E-state index in [4.69, 9.17) is 4.74 Å². The van der Waals surface area contributed by atoms with Gasteiger partial charge in [-0.05, 0) is 17.9 Å². The maximum Gasteiger partial charge on any atom is 0.172 e. The summed E-state index contributed by atoms with van der Waals surface area (Å²) in [6, 6.07) is 0.0777. The molecule has 0 bridgehead atoms. The highest BCUT2D eigenvalue weighted by Gasteiger charge is 2.33. The summed E-state index contributed by atoms with van der Waals surface area (Å²) >= 11 is 0. The number of nitrogens with zero attached hydrogens (tertiary/aromatic N) is 1. The minimum atomic E-state index is 0.0777. The van der Waals surface area contributed by atoms with Gasteiger partial charge in [-0.3, -0.25) is 9.69 Å². The Morgan fingerprint density at radius 3 is 2.73 bits per heavy atom. The number of carbonyl (C=O) groups is 1. The van der Waals surface area contributed by atoms with Gasteiger partial charge < -0.3 is 4.74 Å². The highest BCUT2D eigenvalue weighted by molar-refractivity contribution is 5.95. The highest BCUT2D eigenvalue weighted by atomic mass is 16.5. The third-order valence-corrected chi connectivity index (χ3v) is 3.23. The molecule has 1 saturated heterocycles. The molecule has 2 aliphatic rings. The van der Waals surface area contributed by atoms with Crippen molar-refractivity contribution in [3.63, 3.8) is 0 Å². The molecule has 1 unspecified atom stereocenters. The van der Waals surface area contributed by atoms with Gasteiger partial charge in [0, 0.05) is 13.1 Å². The van der Waals surface area contributed by atoms with Crippen LogP contribution in [0, 0.1) is 5.41 Å². The van der Waals surface area contributed by atoms with Crippen LogP contribution in [0.2, 0.25) is 0 Å². The van der Waals surface area contributed by atoms with E-state index in [1.165, 1.54) is 0 Å². The SMILES string of the molecule is CC1(C)C=CC(=O)C(N2CCOCC2)C1. The maximum absolute atomic E-state index is 11.8. The summed E-state index contributed by atoms with van der Waals surface area (Å²) in [5, 5.41) is 0. The summed E-state index contributed by atoms with van der Waals surface area (Å²) in [6.07, 6.45) is 4.72. The van der Waals surface area contributed by atoms with Crippen LogP contribution in [0.1, 0.15) is 20.3 Å². The van der Waals surface area contributed by atoms with Crippen LogP contribution in [-0.4, -0.2) is 43.0 Å². The number of ether oxygens (including phenoxy) is 1. The molecule has 0 aromatic carbocycles. The second-order valence-electron chi connectivity index (χ2n) is 5.09. The topological polar surface area (TPSA) is 29.5 Å². The number of carbonyl (C=O) groups excluding carboxylic acids is 1. The van der Waals surface area contributed by atoms with E-state index >= 15 is 0 Å². The minimum absolute atomic E-state index is 0.0777. The molecule has 0 N–H and O–H groups in total. The molecule has 0 radical (unpaired) electrons. The number of ketones is 1. The molecule has 3 heteroatoms. The zero-order valence-electron chi connectivity index (χ0n) is 9.53. The van der Waals surface area contributed by atoms with E-state index in [-0.39, 0.29) is 17.2 Å². The molecule has 0 saturated carbocycles. The van der Waals surface area contributed by atoms with Crippen LogP contribution in [-0.2, 0) is 9.53 Å². The summed E-state index contributed by atoms with van der Waals surface area (Å²) in [5.41, 5.74) is 0.150. The van der Waals surface area contributed by atoms with E-state index in [1.807, 2.05) is 6.08 Å². The third-order valence-electron chi connectivity index (χ3n) is 3.23. The predicted octanol–water partition coefficient (Wildman–Crippen LogP) is 1.24. The van der Waals surface area contributed by atoms with Gasteiger partial charge in [-0.1, -0.05) is 19.9 Å². The van der Waals surface area contributed by atoms with E-state index in [1.54, 1.807) is 6.08 Å². The van der Waals surface area contributed by atoms with Gasteiger partial charge in [-0.15, -0.1) is 0 Å². The van der Waals surface area contributed by atoms with Gasteiger partial charge in [0.05, 0.1) is 19.3 Å². The molecular weight excluding hydrogens is 190 g/mol. The van der Waals surface area contributed by atoms with Gasteiger partial charge in [0.25, 0.3) is 0 Å². The second kappa shape index (κ2) is 4.06. The molecule has 1 aliphatic carbocycles. The van der Waals surface area contributed by atoms with Crippen molar-refractivity contribution in [2.24, 2.45) is 5.41 Å². The molecule has 2 rings (SSSR count). The fraction of sp³-hybridized carbons (Fsp3) is 0.750. The van der Waals surface area contributed by atoms with Crippen molar-refractivity contribution >= 4 is 5.78 Å². The number of rotatable bonds is 1. The Labute approximate surface area is 91.1 Å². The Morgan fingerprint density at radius 1 is 1.40 bits per heavy atom. The Kier molecular flexibility index (Phi) is 2.94. The predicted molar refractivity (Wildman–Crippen MR) is 58.7 cm³/mol. The molecule has 0 aromatic rings. The molecule has 0 spiro atoms. The first-order valence-corrected chi connectivity index (χ1v) is 5.63. The summed E-state index contributed by atoms with van der Waals surface area (Å²) < 4.78 is 5.31. The van der Waals surface area contributed by atoms with Gasteiger partial charge in [0.15, 0.2) is 5.78 Å². The van der Waals surface area contributed by atoms with Crippen molar-refractivity contribution in [2.75, 3.05) is 26.3 Å². The molecule has 0 aromatic heterocycles. The molecule has 84 valence electrons. The van der Waals surface area contributed by atoms with E-state index in [9.17, 15) is 4.79 Å². The molecule has 3 nitrogen and oxygen atoms in total. The Morgan fingerprint density at radius 2 is 2.07 bits per heavy atom. The largest absolute Gasteiger partial charge is 0.379 e. The normalized spacial score (nSPS) is 31.9. The Hall–Kier alpha value is -0.670. The van der Waals surface area contributed by atoms with E-state index in [2.05, 4.69) is 18.7 Å². The average molecular weight is 209 g/mol. The summed E-state index contributed by atoms with van der Waals surface area (Å²) in [7, 11) is 0. The standard InChI is InChI=1S/C12H19NO2/c1-12(2)4-3-11(14)10(9-12)13-5-7-15-8-6-13/h3-4,10H,5-9H2,1-2H3. The molecule has 1 atom stereocenters. The summed E-state index contributed by atoms with van der Waals surface area (Å²) in [4.78, 5) is 14.1. The smallest absolute Gasteiger partial charge is 0.172 e. The Balaban J connectivity index is 2.08. The van der Waals surface area contributed by atoms with Crippen molar-refractivity contribution in [3.8, 4) is 0 Å². The lowest BCUT2D eigenvalue weighted by Crippen LogP contribution is -2.49. The maximum atomic E-state index is 11.8. The molecule has 15 heavy (non-hydrogen) atoms. The first-order chi connectivity index (χ1) is 7.08. The van der Waals surface area contributed by atoms with Crippen molar-refractivity contribution in [1.29, 1.82) is 0 Å². The summed E-state index contributed by atoms with van der Waals surface area (Å²) in [6.45, 7) is 7.66. The first-order valence-electron chi connectivity index (χ1n) is 5.63. The number of hydrogen-bond donors (Lipinski definition) is 0. The zero-order chi connectivity index (χ0) is 10.9. The quantitative estimate of drug-likeness (QED) is 0.651. The van der Waals surface area contributed by atoms with Crippen LogP contribution in [0.3, 0.4) is 0 Å². The molecule has 1 aliphatic heterocycles. The highest BCUT2D eigenvalue weighted by Crippen LogP contribution is 2.30. The van der Waals surface area contributed by atoms with Crippen molar-refractivity contribution < 1.29 is 9.53 Å². The summed E-state index contributed by atoms with van der Waals surface area (Å²) in [5.74, 6) is 0.260. The van der Waals surface area contributed by atoms with Gasteiger partial charge in [0.1, 0.15) is 0 Å². The van der Waals surface area contributed by atoms with Crippen molar-refractivity contribution in [1.82, 2.24) is 4.90 Å². The van der Waals surface area contributed by atoms with Crippen molar-refractivity contribution in [3.05, 3.63) is 12.2 Å². The van der Waals surface area contributed by atoms with E-state index < -0.39 is 0 Å². The van der Waals surface area contributed by atoms with Crippen molar-refractivity contribution in [2.45, 2.75) is 26.3 Å². The van der Waals surface area contributed by atoms with E-state index in [0.29, 0.717) is 0 Å². The fourth-order valence-electron chi connectivity index (χ4n) is 2.28. The van der Waals surface area contributed by atoms with Crippen LogP contribution in [0.5, 0.6) is 0 Å². The van der Waals surface area contributed by atoms with Crippen LogP contribution in [0.4, 0.5) is 0 Å². The zero-order valence-corrected chi connectivity index (χ0v) is 9.53. The lowest BCUT2D eigenvalue weighted by atomic mass is 9.79. The molecule has 0 amide bonds. The minimum Gasteiger partial charge on any atom is -0.379 e. The molecule has 1 fully saturated rings. The van der Waals surface area contributed by atoms with E-state index in [0.717, 1.165) is 32.7 Å². The van der Waals surface area contributed by atoms with Crippen LogP contribution < -0.4 is 0 Å².